The number of nitrogens with zero attached hydrogens (tertiary/aromatic N) is 1. The van der Waals surface area contributed by atoms with Gasteiger partial charge in [0, 0.05) is 18.8 Å². The molecule has 1 unspecified atom stereocenters. The minimum atomic E-state index is -0.0481. The van der Waals surface area contributed by atoms with Crippen LogP contribution in [0.3, 0.4) is 0 Å². The summed E-state index contributed by atoms with van der Waals surface area (Å²) in [7, 11) is 0. The Morgan fingerprint density at radius 3 is 2.68 bits per heavy atom. The van der Waals surface area contributed by atoms with Crippen molar-refractivity contribution in [3.8, 4) is 0 Å². The maximum atomic E-state index is 12.5. The summed E-state index contributed by atoms with van der Waals surface area (Å²) < 4.78 is 6.07. The van der Waals surface area contributed by atoms with E-state index in [1.807, 2.05) is 48.2 Å². The van der Waals surface area contributed by atoms with Crippen molar-refractivity contribution in [2.45, 2.75) is 39.4 Å². The van der Waals surface area contributed by atoms with Gasteiger partial charge in [0.05, 0.1) is 12.7 Å². The Kier molecular flexibility index (Phi) is 5.71. The van der Waals surface area contributed by atoms with Crippen molar-refractivity contribution in [3.05, 3.63) is 65.2 Å². The van der Waals surface area contributed by atoms with Gasteiger partial charge >= 0.3 is 6.03 Å². The second kappa shape index (κ2) is 8.17. The van der Waals surface area contributed by atoms with Crippen molar-refractivity contribution in [2.75, 3.05) is 18.4 Å². The fourth-order valence-electron chi connectivity index (χ4n) is 3.08. The maximum absolute atomic E-state index is 12.5. The molecule has 1 fully saturated rings. The van der Waals surface area contributed by atoms with Gasteiger partial charge in [-0.1, -0.05) is 42.0 Å². The SMILES string of the molecule is Cc1ccc(NC(=O)N2CCCC(OCc3ccccc3C)C2)cc1. The monoisotopic (exact) mass is 338 g/mol. The van der Waals surface area contributed by atoms with Crippen LogP contribution in [-0.4, -0.2) is 30.1 Å². The zero-order chi connectivity index (χ0) is 17.6. The number of carbonyl (C=O) groups is 1. The van der Waals surface area contributed by atoms with E-state index < -0.39 is 0 Å². The second-order valence-corrected chi connectivity index (χ2v) is 6.74. The van der Waals surface area contributed by atoms with Crippen LogP contribution in [0.5, 0.6) is 0 Å². The quantitative estimate of drug-likeness (QED) is 0.891. The van der Waals surface area contributed by atoms with Gasteiger partial charge in [0.15, 0.2) is 0 Å². The number of ether oxygens (including phenoxy) is 1. The summed E-state index contributed by atoms with van der Waals surface area (Å²) in [5.41, 5.74) is 4.47. The molecule has 2 aromatic rings. The summed E-state index contributed by atoms with van der Waals surface area (Å²) in [6, 6.07) is 16.1. The van der Waals surface area contributed by atoms with Crippen molar-refractivity contribution in [2.24, 2.45) is 0 Å². The third kappa shape index (κ3) is 4.83. The van der Waals surface area contributed by atoms with E-state index >= 15 is 0 Å². The average molecular weight is 338 g/mol. The van der Waals surface area contributed by atoms with Crippen molar-refractivity contribution >= 4 is 11.7 Å². The molecule has 0 spiro atoms. The molecule has 0 bridgehead atoms. The molecule has 132 valence electrons. The van der Waals surface area contributed by atoms with Gasteiger partial charge in [-0.15, -0.1) is 0 Å². The van der Waals surface area contributed by atoms with E-state index in [0.29, 0.717) is 13.2 Å². The van der Waals surface area contributed by atoms with Crippen LogP contribution >= 0.6 is 0 Å². The number of benzene rings is 2. The molecule has 0 radical (unpaired) electrons. The van der Waals surface area contributed by atoms with Crippen LogP contribution in [0.4, 0.5) is 10.5 Å². The van der Waals surface area contributed by atoms with Gasteiger partial charge in [-0.05, 0) is 49.9 Å². The lowest BCUT2D eigenvalue weighted by molar-refractivity contribution is 0.000830. The molecule has 1 aliphatic heterocycles. The van der Waals surface area contributed by atoms with E-state index in [9.17, 15) is 4.79 Å². The molecule has 1 saturated heterocycles. The Balaban J connectivity index is 1.52. The fourth-order valence-corrected chi connectivity index (χ4v) is 3.08. The number of carbonyl (C=O) groups excluding carboxylic acids is 1. The first kappa shape index (κ1) is 17.5. The van der Waals surface area contributed by atoms with Crippen molar-refractivity contribution < 1.29 is 9.53 Å². The van der Waals surface area contributed by atoms with Crippen LogP contribution in [0.25, 0.3) is 0 Å². The van der Waals surface area contributed by atoms with Gasteiger partial charge in [-0.25, -0.2) is 4.79 Å². The Morgan fingerprint density at radius 2 is 1.92 bits per heavy atom. The molecule has 2 amide bonds. The topological polar surface area (TPSA) is 41.6 Å². The second-order valence-electron chi connectivity index (χ2n) is 6.74. The Labute approximate surface area is 149 Å². The summed E-state index contributed by atoms with van der Waals surface area (Å²) in [6.45, 7) is 6.16. The Morgan fingerprint density at radius 1 is 1.16 bits per heavy atom. The maximum Gasteiger partial charge on any atom is 0.321 e. The van der Waals surface area contributed by atoms with Gasteiger partial charge in [-0.3, -0.25) is 0 Å². The zero-order valence-electron chi connectivity index (χ0n) is 15.0. The third-order valence-electron chi connectivity index (χ3n) is 4.70. The normalized spacial score (nSPS) is 17.4. The molecule has 3 rings (SSSR count). The molecule has 0 aromatic heterocycles. The number of nitrogens with one attached hydrogen (secondary N) is 1. The van der Waals surface area contributed by atoms with Gasteiger partial charge in [-0.2, -0.15) is 0 Å². The number of hydrogen-bond acceptors (Lipinski definition) is 2. The summed E-state index contributed by atoms with van der Waals surface area (Å²) in [5, 5.41) is 2.97. The molecule has 4 nitrogen and oxygen atoms in total. The fraction of sp³-hybridized carbons (Fsp3) is 0.381. The lowest BCUT2D eigenvalue weighted by atomic mass is 10.1. The molecule has 4 heteroatoms. The van der Waals surface area contributed by atoms with E-state index in [1.54, 1.807) is 0 Å². The van der Waals surface area contributed by atoms with E-state index in [-0.39, 0.29) is 12.1 Å². The molecular weight excluding hydrogens is 312 g/mol. The van der Waals surface area contributed by atoms with Crippen LogP contribution in [0.1, 0.15) is 29.5 Å². The molecule has 2 aromatic carbocycles. The summed E-state index contributed by atoms with van der Waals surface area (Å²) in [5.74, 6) is 0. The molecule has 1 aliphatic rings. The number of rotatable bonds is 4. The predicted octanol–water partition coefficient (Wildman–Crippen LogP) is 4.52. The number of anilines is 1. The highest BCUT2D eigenvalue weighted by Crippen LogP contribution is 2.18. The highest BCUT2D eigenvalue weighted by atomic mass is 16.5. The Hall–Kier alpha value is -2.33. The summed E-state index contributed by atoms with van der Waals surface area (Å²) >= 11 is 0. The average Bonchev–Trinajstić information content (AvgIpc) is 2.63. The van der Waals surface area contributed by atoms with Crippen LogP contribution in [-0.2, 0) is 11.3 Å². The van der Waals surface area contributed by atoms with Crippen molar-refractivity contribution in [1.82, 2.24) is 4.90 Å². The number of aryl methyl sites for hydroxylation is 2. The molecule has 0 saturated carbocycles. The van der Waals surface area contributed by atoms with E-state index in [1.165, 1.54) is 16.7 Å². The van der Waals surface area contributed by atoms with Gasteiger partial charge in [0.1, 0.15) is 0 Å². The lowest BCUT2D eigenvalue weighted by Crippen LogP contribution is -2.45. The summed E-state index contributed by atoms with van der Waals surface area (Å²) in [6.07, 6.45) is 2.07. The molecule has 25 heavy (non-hydrogen) atoms. The van der Waals surface area contributed by atoms with Gasteiger partial charge in [0.2, 0.25) is 0 Å². The predicted molar refractivity (Wildman–Crippen MR) is 101 cm³/mol. The standard InChI is InChI=1S/C21H26N2O2/c1-16-9-11-19(12-10-16)22-21(24)23-13-5-8-20(14-23)25-15-18-7-4-3-6-17(18)2/h3-4,6-7,9-12,20H,5,8,13-15H2,1-2H3,(H,22,24). The molecular formula is C21H26N2O2. The van der Waals surface area contributed by atoms with Crippen molar-refractivity contribution in [1.29, 1.82) is 0 Å². The third-order valence-corrected chi connectivity index (χ3v) is 4.70. The molecule has 1 atom stereocenters. The number of likely N-dealkylation sites (tertiary alicyclic amines) is 1. The minimum absolute atomic E-state index is 0.0481. The number of amides is 2. The first-order valence-electron chi connectivity index (χ1n) is 8.90. The first-order valence-corrected chi connectivity index (χ1v) is 8.90. The minimum Gasteiger partial charge on any atom is -0.372 e. The van der Waals surface area contributed by atoms with Crippen LogP contribution in [0, 0.1) is 13.8 Å². The number of piperidine rings is 1. The zero-order valence-corrected chi connectivity index (χ0v) is 15.0. The van der Waals surface area contributed by atoms with Gasteiger partial charge in [0.25, 0.3) is 0 Å². The highest BCUT2D eigenvalue weighted by Gasteiger charge is 2.24. The highest BCUT2D eigenvalue weighted by molar-refractivity contribution is 5.89. The van der Waals surface area contributed by atoms with Crippen LogP contribution in [0.15, 0.2) is 48.5 Å². The van der Waals surface area contributed by atoms with Gasteiger partial charge < -0.3 is 15.0 Å². The summed E-state index contributed by atoms with van der Waals surface area (Å²) in [4.78, 5) is 14.3. The number of urea groups is 1. The van der Waals surface area contributed by atoms with Crippen LogP contribution < -0.4 is 5.32 Å². The largest absolute Gasteiger partial charge is 0.372 e. The number of hydrogen-bond donors (Lipinski definition) is 1. The smallest absolute Gasteiger partial charge is 0.321 e. The van der Waals surface area contributed by atoms with E-state index in [2.05, 4.69) is 24.4 Å². The molecule has 1 N–H and O–H groups in total. The van der Waals surface area contributed by atoms with E-state index in [0.717, 1.165) is 25.1 Å². The first-order chi connectivity index (χ1) is 12.1. The van der Waals surface area contributed by atoms with E-state index in [4.69, 9.17) is 4.74 Å². The van der Waals surface area contributed by atoms with Crippen LogP contribution in [0.2, 0.25) is 0 Å². The lowest BCUT2D eigenvalue weighted by Gasteiger charge is -2.32. The van der Waals surface area contributed by atoms with Crippen molar-refractivity contribution in [3.63, 3.8) is 0 Å². The molecule has 0 aliphatic carbocycles. The molecule has 1 heterocycles. The Bertz CT molecular complexity index is 712.